The van der Waals surface area contributed by atoms with Crippen molar-refractivity contribution >= 4 is 11.9 Å². The number of esters is 2. The van der Waals surface area contributed by atoms with Gasteiger partial charge in [0.1, 0.15) is 0 Å². The second-order valence-corrected chi connectivity index (χ2v) is 2.43. The molecule has 0 amide bonds. The summed E-state index contributed by atoms with van der Waals surface area (Å²) in [5.41, 5.74) is 0. The van der Waals surface area contributed by atoms with E-state index >= 15 is 0 Å². The van der Waals surface area contributed by atoms with Gasteiger partial charge in [0, 0.05) is 0 Å². The molecule has 3 rings (SSSR count). The Bertz CT molecular complexity index is 176. The summed E-state index contributed by atoms with van der Waals surface area (Å²) in [4.78, 5) is 21.4. The third-order valence-electron chi connectivity index (χ3n) is 1.73. The van der Waals surface area contributed by atoms with E-state index < -0.39 is 24.1 Å². The first kappa shape index (κ1) is 5.70. The molecule has 2 bridgehead atoms. The smallest absolute Gasteiger partial charge is 0.348 e. The molecular formula is C6H6O4. The van der Waals surface area contributed by atoms with Gasteiger partial charge < -0.3 is 9.47 Å². The van der Waals surface area contributed by atoms with E-state index in [1.807, 2.05) is 0 Å². The van der Waals surface area contributed by atoms with Crippen LogP contribution in [-0.2, 0) is 19.1 Å². The molecule has 0 aromatic carbocycles. The zero-order chi connectivity index (χ0) is 7.14. The topological polar surface area (TPSA) is 52.6 Å². The minimum atomic E-state index is -0.613. The quantitative estimate of drug-likeness (QED) is 0.432. The predicted molar refractivity (Wildman–Crippen MR) is 29.0 cm³/mol. The second-order valence-electron chi connectivity index (χ2n) is 2.43. The number of rotatable bonds is 0. The zero-order valence-corrected chi connectivity index (χ0v) is 5.20. The van der Waals surface area contributed by atoms with Gasteiger partial charge >= 0.3 is 11.9 Å². The molecule has 0 aromatic heterocycles. The third kappa shape index (κ3) is 0.616. The monoisotopic (exact) mass is 142 g/mol. The highest BCUT2D eigenvalue weighted by Gasteiger charge is 2.43. The van der Waals surface area contributed by atoms with Gasteiger partial charge in [-0.3, -0.25) is 0 Å². The molecule has 4 nitrogen and oxygen atoms in total. The van der Waals surface area contributed by atoms with Crippen molar-refractivity contribution in [2.24, 2.45) is 0 Å². The normalized spacial score (nSPS) is 37.2. The van der Waals surface area contributed by atoms with E-state index in [-0.39, 0.29) is 0 Å². The Balaban J connectivity index is 2.23. The van der Waals surface area contributed by atoms with Crippen LogP contribution in [0.3, 0.4) is 0 Å². The highest BCUT2D eigenvalue weighted by atomic mass is 16.6. The average molecular weight is 142 g/mol. The molecule has 3 saturated heterocycles. The Hall–Kier alpha value is -1.06. The molecule has 4 heteroatoms. The maximum atomic E-state index is 10.7. The molecule has 0 aliphatic carbocycles. The maximum Gasteiger partial charge on any atom is 0.348 e. The Kier molecular flexibility index (Phi) is 0.977. The number of ether oxygens (including phenoxy) is 2. The van der Waals surface area contributed by atoms with Crippen LogP contribution in [0.25, 0.3) is 0 Å². The van der Waals surface area contributed by atoms with Crippen molar-refractivity contribution in [2.75, 3.05) is 0 Å². The lowest BCUT2D eigenvalue weighted by Crippen LogP contribution is -2.49. The molecule has 3 aliphatic rings. The van der Waals surface area contributed by atoms with Gasteiger partial charge in [0.25, 0.3) is 0 Å². The molecule has 3 heterocycles. The van der Waals surface area contributed by atoms with Gasteiger partial charge in [0.2, 0.25) is 0 Å². The lowest BCUT2D eigenvalue weighted by molar-refractivity contribution is -0.205. The molecule has 2 unspecified atom stereocenters. The van der Waals surface area contributed by atoms with Crippen molar-refractivity contribution in [1.29, 1.82) is 0 Å². The number of carbonyl (C=O) groups excluding carboxylic acids is 2. The van der Waals surface area contributed by atoms with Gasteiger partial charge in [-0.25, -0.2) is 9.59 Å². The first-order valence-electron chi connectivity index (χ1n) is 3.18. The summed E-state index contributed by atoms with van der Waals surface area (Å²) < 4.78 is 9.37. The van der Waals surface area contributed by atoms with Crippen molar-refractivity contribution in [3.8, 4) is 0 Å². The van der Waals surface area contributed by atoms with Crippen molar-refractivity contribution in [3.05, 3.63) is 0 Å². The molecule has 0 N–H and O–H groups in total. The summed E-state index contributed by atoms with van der Waals surface area (Å²) in [6, 6.07) is 0. The predicted octanol–water partition coefficient (Wildman–Crippen LogP) is -0.383. The average Bonchev–Trinajstić information content (AvgIpc) is 1.91. The molecule has 3 aliphatic heterocycles. The molecule has 0 saturated carbocycles. The van der Waals surface area contributed by atoms with E-state index in [2.05, 4.69) is 9.47 Å². The second kappa shape index (κ2) is 1.71. The lowest BCUT2D eigenvalue weighted by Gasteiger charge is -2.32. The molecule has 0 aromatic rings. The fourth-order valence-electron chi connectivity index (χ4n) is 1.18. The van der Waals surface area contributed by atoms with E-state index in [4.69, 9.17) is 0 Å². The maximum absolute atomic E-state index is 10.7. The minimum Gasteiger partial charge on any atom is -0.448 e. The fraction of sp³-hybridized carbons (Fsp3) is 0.667. The number of hydrogen-bond acceptors (Lipinski definition) is 4. The summed E-state index contributed by atoms with van der Waals surface area (Å²) in [5.74, 6) is -0.785. The largest absolute Gasteiger partial charge is 0.448 e. The Morgan fingerprint density at radius 2 is 1.40 bits per heavy atom. The van der Waals surface area contributed by atoms with Gasteiger partial charge in [0.05, 0.1) is 0 Å². The molecular weight excluding hydrogens is 136 g/mol. The first-order chi connectivity index (χ1) is 4.77. The van der Waals surface area contributed by atoms with Crippen molar-refractivity contribution in [2.45, 2.75) is 25.0 Å². The van der Waals surface area contributed by atoms with E-state index in [0.717, 1.165) is 0 Å². The van der Waals surface area contributed by atoms with Crippen molar-refractivity contribution < 1.29 is 19.1 Å². The Morgan fingerprint density at radius 1 is 1.00 bits per heavy atom. The van der Waals surface area contributed by atoms with Crippen molar-refractivity contribution in [1.82, 2.24) is 0 Å². The summed E-state index contributed by atoms with van der Waals surface area (Å²) >= 11 is 0. The van der Waals surface area contributed by atoms with E-state index in [1.54, 1.807) is 0 Å². The SMILES string of the molecule is O=C1OC2CCC1OC2=O. The summed E-state index contributed by atoms with van der Waals surface area (Å²) in [6.45, 7) is 0. The molecule has 0 radical (unpaired) electrons. The van der Waals surface area contributed by atoms with Gasteiger partial charge in [-0.1, -0.05) is 0 Å². The van der Waals surface area contributed by atoms with Gasteiger partial charge in [-0.15, -0.1) is 0 Å². The van der Waals surface area contributed by atoms with Crippen LogP contribution >= 0.6 is 0 Å². The number of carbonyl (C=O) groups is 2. The minimum absolute atomic E-state index is 0.393. The van der Waals surface area contributed by atoms with E-state index in [0.29, 0.717) is 12.8 Å². The standard InChI is InChI=1S/C6H6O4/c7-5-3-1-2-4(10-5)6(8)9-3/h3-4H,1-2H2. The molecule has 10 heavy (non-hydrogen) atoms. The van der Waals surface area contributed by atoms with Crippen molar-refractivity contribution in [3.63, 3.8) is 0 Å². The van der Waals surface area contributed by atoms with Crippen LogP contribution < -0.4 is 0 Å². The van der Waals surface area contributed by atoms with Crippen LogP contribution in [0, 0.1) is 0 Å². The third-order valence-corrected chi connectivity index (χ3v) is 1.73. The van der Waals surface area contributed by atoms with Crippen LogP contribution in [0.4, 0.5) is 0 Å². The zero-order valence-electron chi connectivity index (χ0n) is 5.20. The molecule has 2 atom stereocenters. The molecule has 54 valence electrons. The van der Waals surface area contributed by atoms with Gasteiger partial charge in [0.15, 0.2) is 12.2 Å². The number of hydrogen-bond donors (Lipinski definition) is 0. The van der Waals surface area contributed by atoms with E-state index in [1.165, 1.54) is 0 Å². The van der Waals surface area contributed by atoms with Gasteiger partial charge in [-0.05, 0) is 12.8 Å². The Morgan fingerprint density at radius 3 is 1.60 bits per heavy atom. The number of fused-ring (bicyclic) bond motifs is 3. The van der Waals surface area contributed by atoms with Crippen LogP contribution in [-0.4, -0.2) is 24.1 Å². The fourth-order valence-corrected chi connectivity index (χ4v) is 1.18. The summed E-state index contributed by atoms with van der Waals surface area (Å²) in [5, 5.41) is 0. The van der Waals surface area contributed by atoms with Crippen LogP contribution in [0.5, 0.6) is 0 Å². The highest BCUT2D eigenvalue weighted by molar-refractivity contribution is 5.88. The highest BCUT2D eigenvalue weighted by Crippen LogP contribution is 2.24. The van der Waals surface area contributed by atoms with Gasteiger partial charge in [-0.2, -0.15) is 0 Å². The van der Waals surface area contributed by atoms with Crippen LogP contribution in [0.15, 0.2) is 0 Å². The summed E-state index contributed by atoms with van der Waals surface area (Å²) in [6.07, 6.45) is 0.0137. The lowest BCUT2D eigenvalue weighted by atomic mass is 10.0. The van der Waals surface area contributed by atoms with E-state index in [9.17, 15) is 9.59 Å². The molecule has 0 spiro atoms. The molecule has 3 fully saturated rings. The van der Waals surface area contributed by atoms with Crippen LogP contribution in [0.1, 0.15) is 12.8 Å². The first-order valence-corrected chi connectivity index (χ1v) is 3.18. The Labute approximate surface area is 57.1 Å². The summed E-state index contributed by atoms with van der Waals surface area (Å²) in [7, 11) is 0. The van der Waals surface area contributed by atoms with Crippen LogP contribution in [0.2, 0.25) is 0 Å².